The molecule has 0 aliphatic rings. The van der Waals surface area contributed by atoms with Gasteiger partial charge in [-0.3, -0.25) is 4.79 Å². The molecular weight excluding hydrogens is 344 g/mol. The van der Waals surface area contributed by atoms with Gasteiger partial charge >= 0.3 is 0 Å². The van der Waals surface area contributed by atoms with Gasteiger partial charge in [-0.05, 0) is 36.4 Å². The number of halogens is 1. The molecule has 0 fully saturated rings. The summed E-state index contributed by atoms with van der Waals surface area (Å²) in [5.41, 5.74) is 1.60. The molecule has 0 atom stereocenters. The standard InChI is InChI=1S/C18H13ClN2O2S/c1-21(10-17-20-13-4-2-3-5-16(13)24-17)18(22)15-9-11-8-12(19)6-7-14(11)23-15/h2-9H,10H2,1H3. The number of carbonyl (C=O) groups is 1. The third-order valence-electron chi connectivity index (χ3n) is 3.75. The van der Waals surface area contributed by atoms with Gasteiger partial charge in [-0.25, -0.2) is 4.98 Å². The van der Waals surface area contributed by atoms with E-state index in [1.165, 1.54) is 0 Å². The largest absolute Gasteiger partial charge is 0.451 e. The Morgan fingerprint density at radius 1 is 1.25 bits per heavy atom. The summed E-state index contributed by atoms with van der Waals surface area (Å²) in [6.45, 7) is 0.440. The first-order valence-corrected chi connectivity index (χ1v) is 8.58. The summed E-state index contributed by atoms with van der Waals surface area (Å²) in [4.78, 5) is 18.8. The van der Waals surface area contributed by atoms with E-state index >= 15 is 0 Å². The fourth-order valence-electron chi connectivity index (χ4n) is 2.57. The topological polar surface area (TPSA) is 46.3 Å². The quantitative estimate of drug-likeness (QED) is 0.520. The molecule has 0 bridgehead atoms. The number of aromatic nitrogens is 1. The maximum atomic E-state index is 12.6. The van der Waals surface area contributed by atoms with E-state index in [1.807, 2.05) is 24.3 Å². The van der Waals surface area contributed by atoms with Crippen LogP contribution in [0.15, 0.2) is 52.9 Å². The lowest BCUT2D eigenvalue weighted by molar-refractivity contribution is 0.0756. The van der Waals surface area contributed by atoms with Crippen molar-refractivity contribution in [3.63, 3.8) is 0 Å². The molecule has 0 aliphatic heterocycles. The van der Waals surface area contributed by atoms with Crippen LogP contribution in [0.4, 0.5) is 0 Å². The first kappa shape index (κ1) is 15.2. The molecule has 4 rings (SSSR count). The summed E-state index contributed by atoms with van der Waals surface area (Å²) in [7, 11) is 1.74. The van der Waals surface area contributed by atoms with Gasteiger partial charge in [-0.15, -0.1) is 11.3 Å². The monoisotopic (exact) mass is 356 g/mol. The Morgan fingerprint density at radius 3 is 2.92 bits per heavy atom. The number of hydrogen-bond donors (Lipinski definition) is 0. The number of amides is 1. The summed E-state index contributed by atoms with van der Waals surface area (Å²) in [6.07, 6.45) is 0. The number of thiazole rings is 1. The van der Waals surface area contributed by atoms with E-state index in [4.69, 9.17) is 16.0 Å². The third-order valence-corrected chi connectivity index (χ3v) is 5.00. The lowest BCUT2D eigenvalue weighted by Gasteiger charge is -2.13. The number of rotatable bonds is 3. The van der Waals surface area contributed by atoms with Crippen molar-refractivity contribution in [3.8, 4) is 0 Å². The molecule has 0 radical (unpaired) electrons. The van der Waals surface area contributed by atoms with Crippen molar-refractivity contribution in [2.24, 2.45) is 0 Å². The van der Waals surface area contributed by atoms with E-state index in [2.05, 4.69) is 4.98 Å². The smallest absolute Gasteiger partial charge is 0.289 e. The van der Waals surface area contributed by atoms with Crippen LogP contribution in [0.3, 0.4) is 0 Å². The van der Waals surface area contributed by atoms with Crippen LogP contribution < -0.4 is 0 Å². The number of furan rings is 1. The molecule has 0 spiro atoms. The van der Waals surface area contributed by atoms with Gasteiger partial charge in [-0.1, -0.05) is 23.7 Å². The van der Waals surface area contributed by atoms with Crippen LogP contribution in [0.5, 0.6) is 0 Å². The first-order chi connectivity index (χ1) is 11.6. The molecule has 2 heterocycles. The third kappa shape index (κ3) is 2.77. The van der Waals surface area contributed by atoms with Crippen molar-refractivity contribution in [1.82, 2.24) is 9.88 Å². The second kappa shape index (κ2) is 5.92. The van der Waals surface area contributed by atoms with Crippen LogP contribution in [0.1, 0.15) is 15.6 Å². The SMILES string of the molecule is CN(Cc1nc2ccccc2s1)C(=O)c1cc2cc(Cl)ccc2o1. The minimum Gasteiger partial charge on any atom is -0.451 e. The zero-order valence-corrected chi connectivity index (χ0v) is 14.4. The molecule has 4 aromatic rings. The highest BCUT2D eigenvalue weighted by Gasteiger charge is 2.18. The van der Waals surface area contributed by atoms with Gasteiger partial charge in [0.05, 0.1) is 16.8 Å². The Bertz CT molecular complexity index is 1020. The maximum absolute atomic E-state index is 12.6. The molecule has 4 nitrogen and oxygen atoms in total. The fourth-order valence-corrected chi connectivity index (χ4v) is 3.77. The van der Waals surface area contributed by atoms with Crippen LogP contribution in [-0.2, 0) is 6.54 Å². The molecule has 0 aliphatic carbocycles. The molecule has 120 valence electrons. The minimum absolute atomic E-state index is 0.179. The highest BCUT2D eigenvalue weighted by molar-refractivity contribution is 7.18. The van der Waals surface area contributed by atoms with Gasteiger partial charge in [0.1, 0.15) is 10.6 Å². The molecule has 0 saturated heterocycles. The van der Waals surface area contributed by atoms with Crippen LogP contribution >= 0.6 is 22.9 Å². The maximum Gasteiger partial charge on any atom is 0.289 e. The zero-order valence-electron chi connectivity index (χ0n) is 12.8. The summed E-state index contributed by atoms with van der Waals surface area (Å²) >= 11 is 7.56. The number of benzene rings is 2. The molecule has 0 saturated carbocycles. The van der Waals surface area contributed by atoms with E-state index in [-0.39, 0.29) is 5.91 Å². The second-order valence-electron chi connectivity index (χ2n) is 5.53. The highest BCUT2D eigenvalue weighted by Crippen LogP contribution is 2.25. The van der Waals surface area contributed by atoms with Crippen molar-refractivity contribution >= 4 is 50.0 Å². The van der Waals surface area contributed by atoms with E-state index in [1.54, 1.807) is 47.5 Å². The average molecular weight is 357 g/mol. The Hall–Kier alpha value is -2.37. The van der Waals surface area contributed by atoms with Crippen LogP contribution in [0, 0.1) is 0 Å². The minimum atomic E-state index is -0.179. The summed E-state index contributed by atoms with van der Waals surface area (Å²) in [6, 6.07) is 15.0. The van der Waals surface area contributed by atoms with E-state index in [0.717, 1.165) is 20.6 Å². The lowest BCUT2D eigenvalue weighted by atomic mass is 10.2. The van der Waals surface area contributed by atoms with E-state index < -0.39 is 0 Å². The molecule has 0 N–H and O–H groups in total. The van der Waals surface area contributed by atoms with Crippen LogP contribution in [0.25, 0.3) is 21.2 Å². The normalized spacial score (nSPS) is 11.2. The average Bonchev–Trinajstić information content (AvgIpc) is 3.16. The summed E-state index contributed by atoms with van der Waals surface area (Å²) in [5.74, 6) is 0.123. The van der Waals surface area contributed by atoms with Crippen molar-refractivity contribution in [3.05, 3.63) is 64.3 Å². The van der Waals surface area contributed by atoms with Gasteiger partial charge in [0, 0.05) is 17.5 Å². The number of nitrogens with zero attached hydrogens (tertiary/aromatic N) is 2. The molecule has 2 aromatic heterocycles. The summed E-state index contributed by atoms with van der Waals surface area (Å²) < 4.78 is 6.75. The molecular formula is C18H13ClN2O2S. The predicted molar refractivity (Wildman–Crippen MR) is 96.6 cm³/mol. The van der Waals surface area contributed by atoms with Gasteiger partial charge in [0.2, 0.25) is 0 Å². The predicted octanol–water partition coefficient (Wildman–Crippen LogP) is 4.97. The fraction of sp³-hybridized carbons (Fsp3) is 0.111. The van der Waals surface area contributed by atoms with Gasteiger partial charge in [0.25, 0.3) is 5.91 Å². The first-order valence-electron chi connectivity index (χ1n) is 7.39. The van der Waals surface area contributed by atoms with Gasteiger partial charge < -0.3 is 9.32 Å². The number of hydrogen-bond acceptors (Lipinski definition) is 4. The summed E-state index contributed by atoms with van der Waals surface area (Å²) in [5, 5.41) is 2.33. The van der Waals surface area contributed by atoms with Gasteiger partial charge in [0.15, 0.2) is 5.76 Å². The highest BCUT2D eigenvalue weighted by atomic mass is 35.5. The van der Waals surface area contributed by atoms with Gasteiger partial charge in [-0.2, -0.15) is 0 Å². The van der Waals surface area contributed by atoms with Crippen molar-refractivity contribution in [2.75, 3.05) is 7.05 Å². The van der Waals surface area contributed by atoms with E-state index in [0.29, 0.717) is 22.9 Å². The molecule has 0 unspecified atom stereocenters. The van der Waals surface area contributed by atoms with Crippen LogP contribution in [-0.4, -0.2) is 22.8 Å². The van der Waals surface area contributed by atoms with E-state index in [9.17, 15) is 4.79 Å². The molecule has 6 heteroatoms. The van der Waals surface area contributed by atoms with Crippen molar-refractivity contribution in [1.29, 1.82) is 0 Å². The second-order valence-corrected chi connectivity index (χ2v) is 7.08. The molecule has 1 amide bonds. The Morgan fingerprint density at radius 2 is 2.08 bits per heavy atom. The van der Waals surface area contributed by atoms with Crippen molar-refractivity contribution < 1.29 is 9.21 Å². The van der Waals surface area contributed by atoms with Crippen LogP contribution in [0.2, 0.25) is 5.02 Å². The van der Waals surface area contributed by atoms with Crippen molar-refractivity contribution in [2.45, 2.75) is 6.54 Å². The number of para-hydroxylation sites is 1. The zero-order chi connectivity index (χ0) is 16.7. The number of fused-ring (bicyclic) bond motifs is 2. The Labute approximate surface area is 147 Å². The Balaban J connectivity index is 1.58. The molecule has 24 heavy (non-hydrogen) atoms. The number of carbonyl (C=O) groups excluding carboxylic acids is 1. The Kier molecular flexibility index (Phi) is 3.75. The lowest BCUT2D eigenvalue weighted by Crippen LogP contribution is -2.25. The molecule has 2 aromatic carbocycles.